The Labute approximate surface area is 130 Å². The molecule has 1 N–H and O–H groups in total. The van der Waals surface area contributed by atoms with Crippen LogP contribution >= 0.6 is 15.9 Å². The van der Waals surface area contributed by atoms with E-state index in [1.165, 1.54) is 12.1 Å². The van der Waals surface area contributed by atoms with Gasteiger partial charge >= 0.3 is 6.18 Å². The van der Waals surface area contributed by atoms with E-state index in [1.54, 1.807) is 0 Å². The van der Waals surface area contributed by atoms with Crippen LogP contribution in [0.3, 0.4) is 0 Å². The molecule has 0 aliphatic heterocycles. The second kappa shape index (κ2) is 6.62. The Morgan fingerprint density at radius 2 is 1.67 bits per heavy atom. The third kappa shape index (κ3) is 4.32. The zero-order valence-corrected chi connectivity index (χ0v) is 13.0. The quantitative estimate of drug-likeness (QED) is 0.780. The topological polar surface area (TPSA) is 12.0 Å². The van der Waals surface area contributed by atoms with Crippen LogP contribution in [0.4, 0.5) is 13.2 Å². The highest BCUT2D eigenvalue weighted by atomic mass is 79.9. The molecule has 2 rings (SSSR count). The molecule has 0 fully saturated rings. The van der Waals surface area contributed by atoms with E-state index in [9.17, 15) is 13.2 Å². The fourth-order valence-corrected chi connectivity index (χ4v) is 2.65. The second-order valence-corrected chi connectivity index (χ2v) is 5.67. The van der Waals surface area contributed by atoms with Crippen molar-refractivity contribution in [1.29, 1.82) is 0 Å². The van der Waals surface area contributed by atoms with E-state index in [0.717, 1.165) is 27.7 Å². The van der Waals surface area contributed by atoms with Crippen LogP contribution in [-0.2, 0) is 12.7 Å². The average molecular weight is 358 g/mol. The summed E-state index contributed by atoms with van der Waals surface area (Å²) < 4.78 is 38.4. The SMILES string of the molecule is C[C@H](NCc1ccc(C(F)(F)F)cc1)c1ccccc1Br. The number of benzene rings is 2. The van der Waals surface area contributed by atoms with Gasteiger partial charge in [0.2, 0.25) is 0 Å². The van der Waals surface area contributed by atoms with Gasteiger partial charge in [-0.2, -0.15) is 13.2 Å². The molecule has 2 aromatic rings. The summed E-state index contributed by atoms with van der Waals surface area (Å²) in [7, 11) is 0. The van der Waals surface area contributed by atoms with E-state index in [2.05, 4.69) is 21.2 Å². The maximum atomic E-state index is 12.5. The highest BCUT2D eigenvalue weighted by Gasteiger charge is 2.29. The fourth-order valence-electron chi connectivity index (χ4n) is 2.02. The van der Waals surface area contributed by atoms with Crippen molar-refractivity contribution in [3.05, 3.63) is 69.7 Å². The molecule has 0 saturated heterocycles. The zero-order chi connectivity index (χ0) is 15.5. The molecule has 0 aliphatic rings. The van der Waals surface area contributed by atoms with Gasteiger partial charge in [0, 0.05) is 17.1 Å². The highest BCUT2D eigenvalue weighted by Crippen LogP contribution is 2.29. The van der Waals surface area contributed by atoms with Gasteiger partial charge < -0.3 is 5.32 Å². The molecule has 0 aliphatic carbocycles. The minimum absolute atomic E-state index is 0.0999. The van der Waals surface area contributed by atoms with Crippen molar-refractivity contribution < 1.29 is 13.2 Å². The van der Waals surface area contributed by atoms with Crippen LogP contribution in [0.1, 0.15) is 29.7 Å². The Morgan fingerprint density at radius 1 is 1.05 bits per heavy atom. The fraction of sp³-hybridized carbons (Fsp3) is 0.250. The maximum Gasteiger partial charge on any atom is 0.416 e. The summed E-state index contributed by atoms with van der Waals surface area (Å²) in [6.07, 6.45) is -4.28. The molecule has 0 amide bonds. The van der Waals surface area contributed by atoms with Crippen molar-refractivity contribution in [2.24, 2.45) is 0 Å². The smallest absolute Gasteiger partial charge is 0.306 e. The minimum atomic E-state index is -4.28. The van der Waals surface area contributed by atoms with Crippen LogP contribution in [0.5, 0.6) is 0 Å². The average Bonchev–Trinajstić information content (AvgIpc) is 2.45. The molecule has 5 heteroatoms. The third-order valence-electron chi connectivity index (χ3n) is 3.27. The zero-order valence-electron chi connectivity index (χ0n) is 11.4. The largest absolute Gasteiger partial charge is 0.416 e. The molecule has 0 heterocycles. The Morgan fingerprint density at radius 3 is 2.24 bits per heavy atom. The predicted molar refractivity (Wildman–Crippen MR) is 80.8 cm³/mol. The predicted octanol–water partition coefficient (Wildman–Crippen LogP) is 5.32. The Balaban J connectivity index is 1.99. The number of alkyl halides is 3. The van der Waals surface area contributed by atoms with Crippen molar-refractivity contribution >= 4 is 15.9 Å². The Kier molecular flexibility index (Phi) is 5.06. The van der Waals surface area contributed by atoms with E-state index in [0.29, 0.717) is 6.54 Å². The molecule has 0 saturated carbocycles. The van der Waals surface area contributed by atoms with Crippen LogP contribution < -0.4 is 5.32 Å². The van der Waals surface area contributed by atoms with Crippen molar-refractivity contribution in [1.82, 2.24) is 5.32 Å². The standard InChI is InChI=1S/C16H15BrF3N/c1-11(14-4-2-3-5-15(14)17)21-10-12-6-8-13(9-7-12)16(18,19)20/h2-9,11,21H,10H2,1H3/t11-/m0/s1. The number of hydrogen-bond donors (Lipinski definition) is 1. The van der Waals surface area contributed by atoms with Gasteiger partial charge in [-0.25, -0.2) is 0 Å². The summed E-state index contributed by atoms with van der Waals surface area (Å²) in [5.74, 6) is 0. The van der Waals surface area contributed by atoms with Gasteiger partial charge in [0.15, 0.2) is 0 Å². The summed E-state index contributed by atoms with van der Waals surface area (Å²) in [4.78, 5) is 0. The third-order valence-corrected chi connectivity index (χ3v) is 3.99. The molecular formula is C16H15BrF3N. The highest BCUT2D eigenvalue weighted by molar-refractivity contribution is 9.10. The van der Waals surface area contributed by atoms with Crippen LogP contribution in [0.15, 0.2) is 53.0 Å². The normalized spacial score (nSPS) is 13.2. The summed E-state index contributed by atoms with van der Waals surface area (Å²) >= 11 is 3.49. The molecule has 0 bridgehead atoms. The second-order valence-electron chi connectivity index (χ2n) is 4.82. The van der Waals surface area contributed by atoms with Gasteiger partial charge in [-0.05, 0) is 36.2 Å². The summed E-state index contributed by atoms with van der Waals surface area (Å²) in [5, 5.41) is 3.30. The molecule has 0 spiro atoms. The van der Waals surface area contributed by atoms with Gasteiger partial charge in [-0.3, -0.25) is 0 Å². The van der Waals surface area contributed by atoms with Crippen molar-refractivity contribution in [2.75, 3.05) is 0 Å². The lowest BCUT2D eigenvalue weighted by molar-refractivity contribution is -0.137. The lowest BCUT2D eigenvalue weighted by Crippen LogP contribution is -2.18. The molecule has 21 heavy (non-hydrogen) atoms. The molecule has 1 nitrogen and oxygen atoms in total. The van der Waals surface area contributed by atoms with Crippen LogP contribution in [0.2, 0.25) is 0 Å². The molecule has 0 aromatic heterocycles. The van der Waals surface area contributed by atoms with Gasteiger partial charge in [0.1, 0.15) is 0 Å². The first-order valence-corrected chi connectivity index (χ1v) is 7.31. The molecular weight excluding hydrogens is 343 g/mol. The van der Waals surface area contributed by atoms with E-state index in [4.69, 9.17) is 0 Å². The van der Waals surface area contributed by atoms with E-state index >= 15 is 0 Å². The number of nitrogens with one attached hydrogen (secondary N) is 1. The summed E-state index contributed by atoms with van der Waals surface area (Å²) in [6.45, 7) is 2.53. The minimum Gasteiger partial charge on any atom is -0.306 e. The first-order valence-electron chi connectivity index (χ1n) is 6.52. The summed E-state index contributed by atoms with van der Waals surface area (Å²) in [6, 6.07) is 13.2. The molecule has 0 radical (unpaired) electrons. The first kappa shape index (κ1) is 16.0. The van der Waals surface area contributed by atoms with E-state index in [1.807, 2.05) is 31.2 Å². The number of rotatable bonds is 4. The van der Waals surface area contributed by atoms with Gasteiger partial charge in [0.05, 0.1) is 5.56 Å². The lowest BCUT2D eigenvalue weighted by atomic mass is 10.1. The van der Waals surface area contributed by atoms with Crippen LogP contribution in [-0.4, -0.2) is 0 Å². The molecule has 1 atom stereocenters. The molecule has 0 unspecified atom stereocenters. The van der Waals surface area contributed by atoms with Gasteiger partial charge in [-0.1, -0.05) is 46.3 Å². The summed E-state index contributed by atoms with van der Waals surface area (Å²) in [5.41, 5.74) is 1.32. The van der Waals surface area contributed by atoms with Gasteiger partial charge in [-0.15, -0.1) is 0 Å². The van der Waals surface area contributed by atoms with Crippen LogP contribution in [0, 0.1) is 0 Å². The molecule has 112 valence electrons. The maximum absolute atomic E-state index is 12.5. The van der Waals surface area contributed by atoms with Gasteiger partial charge in [0.25, 0.3) is 0 Å². The van der Waals surface area contributed by atoms with Crippen molar-refractivity contribution in [3.63, 3.8) is 0 Å². The lowest BCUT2D eigenvalue weighted by Gasteiger charge is -2.16. The molecule has 2 aromatic carbocycles. The number of hydrogen-bond acceptors (Lipinski definition) is 1. The Bertz CT molecular complexity index is 593. The Hall–Kier alpha value is -1.33. The van der Waals surface area contributed by atoms with E-state index < -0.39 is 11.7 Å². The van der Waals surface area contributed by atoms with Crippen molar-refractivity contribution in [2.45, 2.75) is 25.7 Å². The van der Waals surface area contributed by atoms with E-state index in [-0.39, 0.29) is 6.04 Å². The monoisotopic (exact) mass is 357 g/mol. The first-order chi connectivity index (χ1) is 9.88. The number of halogens is 4. The van der Waals surface area contributed by atoms with Crippen molar-refractivity contribution in [3.8, 4) is 0 Å². The van der Waals surface area contributed by atoms with Crippen LogP contribution in [0.25, 0.3) is 0 Å².